The van der Waals surface area contributed by atoms with Crippen molar-refractivity contribution in [3.8, 4) is 0 Å². The highest BCUT2D eigenvalue weighted by Gasteiger charge is 2.28. The van der Waals surface area contributed by atoms with Gasteiger partial charge in [0.05, 0.1) is 19.0 Å². The minimum atomic E-state index is -0.161. The fourth-order valence-electron chi connectivity index (χ4n) is 2.62. The van der Waals surface area contributed by atoms with Crippen LogP contribution in [0.2, 0.25) is 0 Å². The first-order valence-electron chi connectivity index (χ1n) is 7.87. The summed E-state index contributed by atoms with van der Waals surface area (Å²) in [5, 5.41) is 15.2. The molecule has 0 spiro atoms. The van der Waals surface area contributed by atoms with Gasteiger partial charge in [0.15, 0.2) is 5.96 Å². The van der Waals surface area contributed by atoms with Crippen molar-refractivity contribution in [2.45, 2.75) is 32.4 Å². The molecule has 2 aliphatic heterocycles. The number of hydrogen-bond acceptors (Lipinski definition) is 6. The van der Waals surface area contributed by atoms with Gasteiger partial charge in [-0.25, -0.2) is 0 Å². The number of nitrogens with zero attached hydrogens (tertiary/aromatic N) is 1. The van der Waals surface area contributed by atoms with Crippen molar-refractivity contribution in [1.29, 1.82) is 0 Å². The fraction of sp³-hybridized carbons (Fsp3) is 0.786. The van der Waals surface area contributed by atoms with Gasteiger partial charge in [-0.1, -0.05) is 0 Å². The van der Waals surface area contributed by atoms with Crippen LogP contribution < -0.4 is 26.6 Å². The Kier molecular flexibility index (Phi) is 6.00. The first-order valence-corrected chi connectivity index (χ1v) is 7.87. The summed E-state index contributed by atoms with van der Waals surface area (Å²) in [5.41, 5.74) is 0. The summed E-state index contributed by atoms with van der Waals surface area (Å²) in [4.78, 5) is 28.0. The van der Waals surface area contributed by atoms with Crippen molar-refractivity contribution < 1.29 is 9.59 Å². The Morgan fingerprint density at radius 3 is 2.86 bits per heavy atom. The molecular weight excluding hydrogens is 284 g/mol. The van der Waals surface area contributed by atoms with E-state index in [0.29, 0.717) is 6.54 Å². The van der Waals surface area contributed by atoms with E-state index in [9.17, 15) is 9.59 Å². The number of carbonyl (C=O) groups is 2. The molecule has 2 heterocycles. The summed E-state index contributed by atoms with van der Waals surface area (Å²) in [6, 6.07) is 0.243. The lowest BCUT2D eigenvalue weighted by molar-refractivity contribution is -0.129. The number of hydrogen-bond donors (Lipinski definition) is 5. The lowest BCUT2D eigenvalue weighted by atomic mass is 9.95. The molecule has 2 unspecified atom stereocenters. The molecule has 8 nitrogen and oxygen atoms in total. The number of piperidine rings is 1. The lowest BCUT2D eigenvalue weighted by Crippen LogP contribution is -2.54. The predicted molar refractivity (Wildman–Crippen MR) is 84.5 cm³/mol. The van der Waals surface area contributed by atoms with Gasteiger partial charge in [-0.3, -0.25) is 14.6 Å². The number of guanidine groups is 1. The van der Waals surface area contributed by atoms with Gasteiger partial charge < -0.3 is 26.6 Å². The topological polar surface area (TPSA) is 107 Å². The van der Waals surface area contributed by atoms with E-state index in [1.54, 1.807) is 0 Å². The van der Waals surface area contributed by atoms with Crippen LogP contribution >= 0.6 is 0 Å². The number of rotatable bonds is 5. The molecule has 0 radical (unpaired) electrons. The zero-order chi connectivity index (χ0) is 15.9. The highest BCUT2D eigenvalue weighted by Crippen LogP contribution is 2.11. The second-order valence-corrected chi connectivity index (χ2v) is 6.03. The van der Waals surface area contributed by atoms with Crippen molar-refractivity contribution in [2.75, 3.05) is 32.7 Å². The maximum Gasteiger partial charge on any atom is 0.239 e. The summed E-state index contributed by atoms with van der Waals surface area (Å²) in [7, 11) is 0. The molecule has 0 bridgehead atoms. The Labute approximate surface area is 130 Å². The van der Waals surface area contributed by atoms with Gasteiger partial charge in [0.2, 0.25) is 11.8 Å². The van der Waals surface area contributed by atoms with Crippen LogP contribution in [0.3, 0.4) is 0 Å². The van der Waals surface area contributed by atoms with Gasteiger partial charge in [-0.2, -0.15) is 0 Å². The molecule has 2 amide bonds. The monoisotopic (exact) mass is 310 g/mol. The van der Waals surface area contributed by atoms with Gasteiger partial charge in [-0.15, -0.1) is 0 Å². The van der Waals surface area contributed by atoms with E-state index in [1.807, 2.05) is 13.8 Å². The molecule has 5 N–H and O–H groups in total. The van der Waals surface area contributed by atoms with E-state index in [2.05, 4.69) is 31.6 Å². The highest BCUT2D eigenvalue weighted by molar-refractivity contribution is 5.86. The largest absolute Gasteiger partial charge is 0.355 e. The Bertz CT molecular complexity index is 437. The molecule has 22 heavy (non-hydrogen) atoms. The van der Waals surface area contributed by atoms with Crippen LogP contribution in [0, 0.1) is 5.92 Å². The molecule has 0 aromatic carbocycles. The molecule has 0 saturated carbocycles. The van der Waals surface area contributed by atoms with E-state index < -0.39 is 0 Å². The second kappa shape index (κ2) is 7.98. The third kappa shape index (κ3) is 5.18. The van der Waals surface area contributed by atoms with Crippen molar-refractivity contribution in [3.05, 3.63) is 0 Å². The normalized spacial score (nSPS) is 24.4. The van der Waals surface area contributed by atoms with Gasteiger partial charge in [0.25, 0.3) is 0 Å². The molecule has 124 valence electrons. The highest BCUT2D eigenvalue weighted by atomic mass is 16.2. The summed E-state index contributed by atoms with van der Waals surface area (Å²) in [6.07, 6.45) is 0.728. The molecule has 2 aliphatic rings. The minimum Gasteiger partial charge on any atom is -0.355 e. The first-order chi connectivity index (χ1) is 10.5. The van der Waals surface area contributed by atoms with Crippen molar-refractivity contribution in [2.24, 2.45) is 10.9 Å². The van der Waals surface area contributed by atoms with E-state index >= 15 is 0 Å². The van der Waals surface area contributed by atoms with Crippen LogP contribution in [0.15, 0.2) is 4.99 Å². The molecule has 0 aliphatic carbocycles. The SMILES string of the molecule is CC(C)NC(=O)CNC(=O)C1CNCC(NC2=NCCN2)C1. The van der Waals surface area contributed by atoms with Crippen LogP contribution in [0.1, 0.15) is 20.3 Å². The Balaban J connectivity index is 1.73. The summed E-state index contributed by atoms with van der Waals surface area (Å²) >= 11 is 0. The summed E-state index contributed by atoms with van der Waals surface area (Å²) < 4.78 is 0. The summed E-state index contributed by atoms with van der Waals surface area (Å²) in [5.74, 6) is 0.426. The molecule has 2 rings (SSSR count). The van der Waals surface area contributed by atoms with Crippen LogP contribution in [0.25, 0.3) is 0 Å². The Morgan fingerprint density at radius 2 is 2.18 bits per heavy atom. The van der Waals surface area contributed by atoms with Gasteiger partial charge in [0, 0.05) is 31.7 Å². The third-order valence-corrected chi connectivity index (χ3v) is 3.61. The standard InChI is InChI=1S/C14H26N6O2/c1-9(2)19-12(21)8-18-13(22)10-5-11(7-15-6-10)20-14-16-3-4-17-14/h9-11,15H,3-8H2,1-2H3,(H,18,22)(H,19,21)(H2,16,17,20). The molecule has 1 saturated heterocycles. The van der Waals surface area contributed by atoms with Crippen LogP contribution in [0.4, 0.5) is 0 Å². The predicted octanol–water partition coefficient (Wildman–Crippen LogP) is -1.85. The quantitative estimate of drug-likeness (QED) is 0.410. The maximum absolute atomic E-state index is 12.2. The Morgan fingerprint density at radius 1 is 1.36 bits per heavy atom. The molecule has 8 heteroatoms. The van der Waals surface area contributed by atoms with Crippen LogP contribution in [-0.2, 0) is 9.59 Å². The first kappa shape index (κ1) is 16.5. The molecule has 1 fully saturated rings. The smallest absolute Gasteiger partial charge is 0.239 e. The minimum absolute atomic E-state index is 0.0277. The Hall–Kier alpha value is -1.83. The molecule has 0 aromatic rings. The number of aliphatic imine (C=N–C) groups is 1. The van der Waals surface area contributed by atoms with Crippen molar-refractivity contribution in [1.82, 2.24) is 26.6 Å². The van der Waals surface area contributed by atoms with Gasteiger partial charge in [0.1, 0.15) is 0 Å². The average Bonchev–Trinajstić information content (AvgIpc) is 2.97. The van der Waals surface area contributed by atoms with E-state index in [4.69, 9.17) is 0 Å². The number of carbonyl (C=O) groups excluding carboxylic acids is 2. The fourth-order valence-corrected chi connectivity index (χ4v) is 2.62. The van der Waals surface area contributed by atoms with Gasteiger partial charge >= 0.3 is 0 Å². The van der Waals surface area contributed by atoms with Crippen LogP contribution in [0.5, 0.6) is 0 Å². The maximum atomic E-state index is 12.2. The van der Waals surface area contributed by atoms with Crippen LogP contribution in [-0.4, -0.2) is 62.6 Å². The third-order valence-electron chi connectivity index (χ3n) is 3.61. The number of amides is 2. The van der Waals surface area contributed by atoms with E-state index in [-0.39, 0.29) is 36.4 Å². The van der Waals surface area contributed by atoms with Crippen molar-refractivity contribution >= 4 is 17.8 Å². The van der Waals surface area contributed by atoms with E-state index in [0.717, 1.165) is 32.0 Å². The second-order valence-electron chi connectivity index (χ2n) is 6.03. The molecule has 0 aromatic heterocycles. The lowest BCUT2D eigenvalue weighted by Gasteiger charge is -2.30. The number of nitrogens with one attached hydrogen (secondary N) is 5. The molecule has 2 atom stereocenters. The summed E-state index contributed by atoms with van der Waals surface area (Å²) in [6.45, 7) is 6.89. The zero-order valence-corrected chi connectivity index (χ0v) is 13.2. The van der Waals surface area contributed by atoms with E-state index in [1.165, 1.54) is 0 Å². The molecular formula is C14H26N6O2. The van der Waals surface area contributed by atoms with Gasteiger partial charge in [-0.05, 0) is 20.3 Å². The van der Waals surface area contributed by atoms with Crippen molar-refractivity contribution in [3.63, 3.8) is 0 Å². The average molecular weight is 310 g/mol. The zero-order valence-electron chi connectivity index (χ0n) is 13.2.